The number of hydrogen-bond donors (Lipinski definition) is 1. The number of nitrogens with one attached hydrogen (secondary N) is 1. The fourth-order valence-corrected chi connectivity index (χ4v) is 6.62. The number of carbonyl (C=O) groups excluding carboxylic acids is 1. The number of hydrogen-bond acceptors (Lipinski definition) is 9. The summed E-state index contributed by atoms with van der Waals surface area (Å²) in [5, 5.41) is 0. The first-order valence-electron chi connectivity index (χ1n) is 15.7. The van der Waals surface area contributed by atoms with Gasteiger partial charge in [-0.25, -0.2) is 23.1 Å². The van der Waals surface area contributed by atoms with Gasteiger partial charge in [0.2, 0.25) is 11.8 Å². The third-order valence-corrected chi connectivity index (χ3v) is 9.50. The van der Waals surface area contributed by atoms with E-state index in [4.69, 9.17) is 9.72 Å². The topological polar surface area (TPSA) is 131 Å². The van der Waals surface area contributed by atoms with E-state index in [1.54, 1.807) is 35.5 Å². The second kappa shape index (κ2) is 13.3. The summed E-state index contributed by atoms with van der Waals surface area (Å²) in [7, 11) is -2.23. The summed E-state index contributed by atoms with van der Waals surface area (Å²) in [5.74, 6) is 0.401. The van der Waals surface area contributed by atoms with Gasteiger partial charge in [-0.05, 0) is 68.9 Å². The van der Waals surface area contributed by atoms with Crippen LogP contribution in [-0.2, 0) is 16.6 Å². The Morgan fingerprint density at radius 1 is 1.02 bits per heavy atom. The number of sulfonamides is 1. The van der Waals surface area contributed by atoms with Crippen molar-refractivity contribution in [1.29, 1.82) is 0 Å². The van der Waals surface area contributed by atoms with Crippen LogP contribution in [0.25, 0.3) is 11.3 Å². The molecule has 1 N–H and O–H groups in total. The van der Waals surface area contributed by atoms with E-state index in [-0.39, 0.29) is 52.8 Å². The van der Waals surface area contributed by atoms with E-state index in [1.807, 2.05) is 44.0 Å². The zero-order valence-electron chi connectivity index (χ0n) is 28.3. The molecule has 1 aliphatic rings. The zero-order valence-corrected chi connectivity index (χ0v) is 29.1. The molecular formula is C35H43N7O4S. The highest BCUT2D eigenvalue weighted by molar-refractivity contribution is 7.92. The van der Waals surface area contributed by atoms with Crippen molar-refractivity contribution in [2.24, 2.45) is 5.41 Å². The molecule has 1 atom stereocenters. The summed E-state index contributed by atoms with van der Waals surface area (Å²) in [6.07, 6.45) is 3.93. The van der Waals surface area contributed by atoms with Crippen LogP contribution >= 0.6 is 0 Å². The standard InChI is InChI=1S/C35H43N7O4S/c1-22(2)41(8)30-19-36-18-26(37-30)20-42-27(17-35(5,6)7)21-46-31-16-29(32-23(3)11-9-12-24(32)4)38-34(39-31)40-47(44,45)28-14-10-13-25(15-28)33(42)43/h9-16,18-19,22,27H,17,20-21H2,1-8H3,(H,38,39,40)/t27-/m1/s1. The van der Waals surface area contributed by atoms with Gasteiger partial charge in [-0.3, -0.25) is 9.78 Å². The Labute approximate surface area is 277 Å². The van der Waals surface area contributed by atoms with Gasteiger partial charge in [0.15, 0.2) is 0 Å². The SMILES string of the molecule is Cc1cccc(C)c1-c1cc2nc(n1)NS(=O)(=O)c1cccc(c1)C(=O)N(Cc1cncc(N(C)C(C)C)n1)[C@H](CC(C)(C)C)CO2. The molecule has 5 rings (SSSR count). The highest BCUT2D eigenvalue weighted by Crippen LogP contribution is 2.32. The Hall–Kier alpha value is -4.58. The van der Waals surface area contributed by atoms with Gasteiger partial charge in [-0.15, -0.1) is 0 Å². The number of ether oxygens (including phenoxy) is 1. The van der Waals surface area contributed by atoms with Gasteiger partial charge in [0.05, 0.1) is 41.3 Å². The molecular weight excluding hydrogens is 614 g/mol. The summed E-state index contributed by atoms with van der Waals surface area (Å²) >= 11 is 0. The highest BCUT2D eigenvalue weighted by atomic mass is 32.2. The number of nitrogens with zero attached hydrogens (tertiary/aromatic N) is 6. The van der Waals surface area contributed by atoms with Crippen molar-refractivity contribution in [1.82, 2.24) is 24.8 Å². The van der Waals surface area contributed by atoms with Crippen molar-refractivity contribution in [3.05, 3.63) is 83.3 Å². The molecule has 0 spiro atoms. The summed E-state index contributed by atoms with van der Waals surface area (Å²) < 4.78 is 36.2. The first kappa shape index (κ1) is 33.8. The minimum absolute atomic E-state index is 0.0844. The van der Waals surface area contributed by atoms with Gasteiger partial charge in [-0.1, -0.05) is 45.0 Å². The quantitative estimate of drug-likeness (QED) is 0.264. The minimum Gasteiger partial charge on any atom is -0.475 e. The molecule has 0 fully saturated rings. The van der Waals surface area contributed by atoms with Crippen molar-refractivity contribution in [3.63, 3.8) is 0 Å². The summed E-state index contributed by atoms with van der Waals surface area (Å²) in [6.45, 7) is 14.6. The molecule has 2 aromatic heterocycles. The molecule has 12 heteroatoms. The van der Waals surface area contributed by atoms with Crippen LogP contribution in [0.2, 0.25) is 0 Å². The van der Waals surface area contributed by atoms with E-state index in [0.29, 0.717) is 23.6 Å². The lowest BCUT2D eigenvalue weighted by Gasteiger charge is -2.35. The van der Waals surface area contributed by atoms with Crippen molar-refractivity contribution in [3.8, 4) is 17.1 Å². The van der Waals surface area contributed by atoms with Crippen LogP contribution in [0.4, 0.5) is 11.8 Å². The van der Waals surface area contributed by atoms with E-state index in [2.05, 4.69) is 54.3 Å². The first-order chi connectivity index (χ1) is 22.1. The molecule has 0 aliphatic carbocycles. The van der Waals surface area contributed by atoms with Crippen LogP contribution in [0.5, 0.6) is 5.88 Å². The minimum atomic E-state index is -4.17. The summed E-state index contributed by atoms with van der Waals surface area (Å²) in [6, 6.07) is 13.4. The first-order valence-corrected chi connectivity index (χ1v) is 17.2. The van der Waals surface area contributed by atoms with Crippen LogP contribution in [-0.4, -0.2) is 64.9 Å². The molecule has 0 saturated carbocycles. The lowest BCUT2D eigenvalue weighted by molar-refractivity contribution is 0.0509. The van der Waals surface area contributed by atoms with Crippen LogP contribution < -0.4 is 14.4 Å². The largest absolute Gasteiger partial charge is 0.475 e. The van der Waals surface area contributed by atoms with Crippen LogP contribution in [0, 0.1) is 19.3 Å². The van der Waals surface area contributed by atoms with E-state index in [0.717, 1.165) is 16.7 Å². The molecule has 3 heterocycles. The zero-order chi connectivity index (χ0) is 34.1. The normalized spacial score (nSPS) is 16.4. The Bertz CT molecular complexity index is 1870. The summed E-state index contributed by atoms with van der Waals surface area (Å²) in [5.41, 5.74) is 3.95. The average Bonchev–Trinajstić information content (AvgIpc) is 3.00. The lowest BCUT2D eigenvalue weighted by Crippen LogP contribution is -2.45. The lowest BCUT2D eigenvalue weighted by atomic mass is 9.87. The molecule has 1 amide bonds. The molecule has 11 nitrogen and oxygen atoms in total. The third kappa shape index (κ3) is 7.87. The van der Waals surface area contributed by atoms with Crippen LogP contribution in [0.15, 0.2) is 65.8 Å². The Morgan fingerprint density at radius 3 is 2.40 bits per heavy atom. The second-order valence-corrected chi connectivity index (χ2v) is 15.2. The Balaban J connectivity index is 1.66. The maximum absolute atomic E-state index is 14.4. The van der Waals surface area contributed by atoms with Gasteiger partial charge in [0.1, 0.15) is 12.4 Å². The molecule has 248 valence electrons. The third-order valence-electron chi connectivity index (χ3n) is 8.17. The number of carbonyl (C=O) groups is 1. The smallest absolute Gasteiger partial charge is 0.264 e. The van der Waals surface area contributed by atoms with E-state index in [9.17, 15) is 13.2 Å². The number of fused-ring (bicyclic) bond motifs is 4. The predicted octanol–water partition coefficient (Wildman–Crippen LogP) is 6.04. The number of amides is 1. The monoisotopic (exact) mass is 657 g/mol. The molecule has 0 saturated heterocycles. The average molecular weight is 658 g/mol. The number of rotatable bonds is 6. The van der Waals surface area contributed by atoms with E-state index < -0.39 is 16.1 Å². The van der Waals surface area contributed by atoms with Gasteiger partial charge in [0, 0.05) is 30.3 Å². The van der Waals surface area contributed by atoms with Crippen molar-refractivity contribution in [2.75, 3.05) is 23.3 Å². The van der Waals surface area contributed by atoms with Crippen molar-refractivity contribution < 1.29 is 17.9 Å². The van der Waals surface area contributed by atoms with Crippen LogP contribution in [0.3, 0.4) is 0 Å². The van der Waals surface area contributed by atoms with Crippen molar-refractivity contribution in [2.45, 2.75) is 78.4 Å². The van der Waals surface area contributed by atoms with Gasteiger partial charge in [0.25, 0.3) is 15.9 Å². The molecule has 0 radical (unpaired) electrons. The number of aromatic nitrogens is 4. The maximum atomic E-state index is 14.4. The number of aryl methyl sites for hydroxylation is 2. The fourth-order valence-electron chi connectivity index (χ4n) is 5.63. The number of anilines is 2. The molecule has 0 unspecified atom stereocenters. The van der Waals surface area contributed by atoms with Crippen molar-refractivity contribution >= 4 is 27.7 Å². The Morgan fingerprint density at radius 2 is 1.72 bits per heavy atom. The maximum Gasteiger partial charge on any atom is 0.264 e. The van der Waals surface area contributed by atoms with E-state index >= 15 is 0 Å². The molecule has 4 aromatic rings. The fraction of sp³-hybridized carbons (Fsp3) is 0.400. The molecule has 2 aromatic carbocycles. The predicted molar refractivity (Wildman–Crippen MR) is 183 cm³/mol. The van der Waals surface area contributed by atoms with Gasteiger partial charge in [-0.2, -0.15) is 4.98 Å². The summed E-state index contributed by atoms with van der Waals surface area (Å²) in [4.78, 5) is 36.4. The molecule has 4 bridgehead atoms. The molecule has 1 aliphatic heterocycles. The molecule has 47 heavy (non-hydrogen) atoms. The van der Waals surface area contributed by atoms with E-state index in [1.165, 1.54) is 12.1 Å². The number of benzene rings is 2. The van der Waals surface area contributed by atoms with Gasteiger partial charge >= 0.3 is 0 Å². The Kier molecular flexibility index (Phi) is 9.53. The second-order valence-electron chi connectivity index (χ2n) is 13.6. The van der Waals surface area contributed by atoms with Crippen LogP contribution in [0.1, 0.15) is 68.2 Å². The highest BCUT2D eigenvalue weighted by Gasteiger charge is 2.32. The van der Waals surface area contributed by atoms with Gasteiger partial charge < -0.3 is 14.5 Å².